The molecule has 2 aromatic carbocycles. The highest BCUT2D eigenvalue weighted by atomic mass is 16.2. The molecule has 32 heavy (non-hydrogen) atoms. The van der Waals surface area contributed by atoms with E-state index in [1.165, 1.54) is 0 Å². The minimum absolute atomic E-state index is 0.00614. The van der Waals surface area contributed by atoms with E-state index < -0.39 is 0 Å². The first kappa shape index (κ1) is 19.9. The van der Waals surface area contributed by atoms with Crippen molar-refractivity contribution in [3.8, 4) is 5.69 Å². The maximum absolute atomic E-state index is 13.0. The standard InChI is InChI=1S/C25H23N5O2/c1-18-27-23-5-3-2-4-22(23)25(32)30(18)21-8-6-19(7-9-21)24(31)29-16-14-28(15-17-29)20-10-12-26-13-11-20/h2-13H,14-17H2,1H3. The summed E-state index contributed by atoms with van der Waals surface area (Å²) in [5, 5.41) is 0.574. The topological polar surface area (TPSA) is 71.3 Å². The van der Waals surface area contributed by atoms with Crippen LogP contribution in [-0.4, -0.2) is 51.5 Å². The van der Waals surface area contributed by atoms with E-state index in [1.807, 2.05) is 54.3 Å². The summed E-state index contributed by atoms with van der Waals surface area (Å²) in [5.41, 5.74) is 3.01. The molecule has 160 valence electrons. The van der Waals surface area contributed by atoms with Gasteiger partial charge >= 0.3 is 0 Å². The molecule has 3 heterocycles. The lowest BCUT2D eigenvalue weighted by Crippen LogP contribution is -2.48. The van der Waals surface area contributed by atoms with Crippen LogP contribution in [0.25, 0.3) is 16.6 Å². The lowest BCUT2D eigenvalue weighted by molar-refractivity contribution is 0.0747. The van der Waals surface area contributed by atoms with Gasteiger partial charge in [0.25, 0.3) is 11.5 Å². The first-order chi connectivity index (χ1) is 15.6. The van der Waals surface area contributed by atoms with Crippen molar-refractivity contribution in [2.24, 2.45) is 0 Å². The Morgan fingerprint density at radius 1 is 0.844 bits per heavy atom. The van der Waals surface area contributed by atoms with Gasteiger partial charge < -0.3 is 9.80 Å². The molecule has 1 fully saturated rings. The zero-order chi connectivity index (χ0) is 22.1. The molecule has 0 saturated carbocycles. The van der Waals surface area contributed by atoms with E-state index in [0.29, 0.717) is 41.1 Å². The van der Waals surface area contributed by atoms with Gasteiger partial charge in [0.1, 0.15) is 5.82 Å². The highest BCUT2D eigenvalue weighted by Gasteiger charge is 2.22. The van der Waals surface area contributed by atoms with Gasteiger partial charge in [-0.2, -0.15) is 0 Å². The summed E-state index contributed by atoms with van der Waals surface area (Å²) in [6.07, 6.45) is 3.57. The normalized spacial score (nSPS) is 14.0. The lowest BCUT2D eigenvalue weighted by Gasteiger charge is -2.36. The second-order valence-corrected chi connectivity index (χ2v) is 7.85. The number of amides is 1. The number of nitrogens with zero attached hydrogens (tertiary/aromatic N) is 5. The minimum atomic E-state index is -0.112. The van der Waals surface area contributed by atoms with Crippen LogP contribution in [0.1, 0.15) is 16.2 Å². The number of rotatable bonds is 3. The number of hydrogen-bond donors (Lipinski definition) is 0. The van der Waals surface area contributed by atoms with E-state index in [9.17, 15) is 9.59 Å². The van der Waals surface area contributed by atoms with Crippen LogP contribution < -0.4 is 10.5 Å². The van der Waals surface area contributed by atoms with E-state index in [4.69, 9.17) is 0 Å². The molecule has 0 radical (unpaired) electrons. The van der Waals surface area contributed by atoms with Crippen molar-refractivity contribution >= 4 is 22.5 Å². The Kier molecular flexibility index (Phi) is 5.15. The predicted molar refractivity (Wildman–Crippen MR) is 124 cm³/mol. The van der Waals surface area contributed by atoms with Crippen LogP contribution >= 0.6 is 0 Å². The van der Waals surface area contributed by atoms with Gasteiger partial charge in [0.2, 0.25) is 0 Å². The van der Waals surface area contributed by atoms with Gasteiger partial charge in [0, 0.05) is 49.8 Å². The Balaban J connectivity index is 1.34. The van der Waals surface area contributed by atoms with Crippen LogP contribution in [0, 0.1) is 6.92 Å². The fourth-order valence-corrected chi connectivity index (χ4v) is 4.21. The molecule has 1 amide bonds. The first-order valence-corrected chi connectivity index (χ1v) is 10.6. The van der Waals surface area contributed by atoms with Crippen LogP contribution in [0.3, 0.4) is 0 Å². The molecule has 0 unspecified atom stereocenters. The molecular weight excluding hydrogens is 402 g/mol. The van der Waals surface area contributed by atoms with Crippen LogP contribution in [0.5, 0.6) is 0 Å². The monoisotopic (exact) mass is 425 g/mol. The fraction of sp³-hybridized carbons (Fsp3) is 0.200. The number of carbonyl (C=O) groups is 1. The summed E-state index contributed by atoms with van der Waals surface area (Å²) in [7, 11) is 0. The second kappa shape index (κ2) is 8.26. The first-order valence-electron chi connectivity index (χ1n) is 10.6. The van der Waals surface area contributed by atoms with Gasteiger partial charge in [-0.25, -0.2) is 4.98 Å². The zero-order valence-corrected chi connectivity index (χ0v) is 17.8. The highest BCUT2D eigenvalue weighted by molar-refractivity contribution is 5.94. The van der Waals surface area contributed by atoms with Gasteiger partial charge in [-0.1, -0.05) is 12.1 Å². The molecule has 5 rings (SSSR count). The average Bonchev–Trinajstić information content (AvgIpc) is 2.85. The Morgan fingerprint density at radius 3 is 2.25 bits per heavy atom. The summed E-state index contributed by atoms with van der Waals surface area (Å²) in [6.45, 7) is 4.71. The summed E-state index contributed by atoms with van der Waals surface area (Å²) < 4.78 is 1.59. The molecule has 0 aliphatic carbocycles. The molecule has 1 aliphatic rings. The number of benzene rings is 2. The van der Waals surface area contributed by atoms with Gasteiger partial charge in [-0.05, 0) is 55.5 Å². The Morgan fingerprint density at radius 2 is 1.53 bits per heavy atom. The number of pyridine rings is 1. The van der Waals surface area contributed by atoms with Crippen molar-refractivity contribution in [3.05, 3.63) is 94.8 Å². The Bertz CT molecular complexity index is 1320. The van der Waals surface area contributed by atoms with E-state index in [1.54, 1.807) is 35.2 Å². The largest absolute Gasteiger partial charge is 0.368 e. The summed E-state index contributed by atoms with van der Waals surface area (Å²) in [5.74, 6) is 0.617. The van der Waals surface area contributed by atoms with Gasteiger partial charge in [0.05, 0.1) is 16.6 Å². The van der Waals surface area contributed by atoms with Crippen LogP contribution in [0.2, 0.25) is 0 Å². The van der Waals surface area contributed by atoms with E-state index in [0.717, 1.165) is 18.8 Å². The molecule has 1 saturated heterocycles. The summed E-state index contributed by atoms with van der Waals surface area (Å²) >= 11 is 0. The third-order valence-electron chi connectivity index (χ3n) is 5.91. The number of hydrogen-bond acceptors (Lipinski definition) is 5. The SMILES string of the molecule is Cc1nc2ccccc2c(=O)n1-c1ccc(C(=O)N2CCN(c3ccncc3)CC2)cc1. The maximum Gasteiger partial charge on any atom is 0.265 e. The van der Waals surface area contributed by atoms with Crippen molar-refractivity contribution in [1.29, 1.82) is 0 Å². The molecule has 7 nitrogen and oxygen atoms in total. The van der Waals surface area contributed by atoms with Crippen LogP contribution in [0.15, 0.2) is 77.9 Å². The number of fused-ring (bicyclic) bond motifs is 1. The third-order valence-corrected chi connectivity index (χ3v) is 5.91. The van der Waals surface area contributed by atoms with Gasteiger partial charge in [0.15, 0.2) is 0 Å². The number of piperazine rings is 1. The molecule has 0 N–H and O–H groups in total. The van der Waals surface area contributed by atoms with Gasteiger partial charge in [-0.15, -0.1) is 0 Å². The van der Waals surface area contributed by atoms with E-state index in [-0.39, 0.29) is 11.5 Å². The Labute approximate surface area is 185 Å². The molecule has 2 aromatic heterocycles. The smallest absolute Gasteiger partial charge is 0.265 e. The predicted octanol–water partition coefficient (Wildman–Crippen LogP) is 3.05. The van der Waals surface area contributed by atoms with E-state index >= 15 is 0 Å². The zero-order valence-electron chi connectivity index (χ0n) is 17.8. The van der Waals surface area contributed by atoms with Crippen molar-refractivity contribution in [2.45, 2.75) is 6.92 Å². The number of anilines is 1. The molecule has 4 aromatic rings. The molecule has 7 heteroatoms. The second-order valence-electron chi connectivity index (χ2n) is 7.85. The fourth-order valence-electron chi connectivity index (χ4n) is 4.21. The lowest BCUT2D eigenvalue weighted by atomic mass is 10.1. The Hall–Kier alpha value is -4.00. The molecular formula is C25H23N5O2. The van der Waals surface area contributed by atoms with Crippen molar-refractivity contribution < 1.29 is 4.79 Å². The molecule has 0 atom stereocenters. The minimum Gasteiger partial charge on any atom is -0.368 e. The van der Waals surface area contributed by atoms with Crippen LogP contribution in [-0.2, 0) is 0 Å². The quantitative estimate of drug-likeness (QED) is 0.505. The summed E-state index contributed by atoms with van der Waals surface area (Å²) in [4.78, 5) is 38.8. The number of aromatic nitrogens is 3. The van der Waals surface area contributed by atoms with Crippen molar-refractivity contribution in [1.82, 2.24) is 19.4 Å². The van der Waals surface area contributed by atoms with Crippen molar-refractivity contribution in [3.63, 3.8) is 0 Å². The average molecular weight is 425 g/mol. The van der Waals surface area contributed by atoms with Crippen molar-refractivity contribution in [2.75, 3.05) is 31.1 Å². The molecule has 0 bridgehead atoms. The maximum atomic E-state index is 13.0. The van der Waals surface area contributed by atoms with E-state index in [2.05, 4.69) is 14.9 Å². The van der Waals surface area contributed by atoms with Gasteiger partial charge in [-0.3, -0.25) is 19.1 Å². The number of para-hydroxylation sites is 1. The number of aryl methyl sites for hydroxylation is 1. The third kappa shape index (κ3) is 3.62. The number of carbonyl (C=O) groups excluding carboxylic acids is 1. The highest BCUT2D eigenvalue weighted by Crippen LogP contribution is 2.18. The van der Waals surface area contributed by atoms with Crippen LogP contribution in [0.4, 0.5) is 5.69 Å². The molecule has 1 aliphatic heterocycles. The molecule has 0 spiro atoms. The summed E-state index contributed by atoms with van der Waals surface area (Å²) in [6, 6.07) is 18.5.